The van der Waals surface area contributed by atoms with Crippen LogP contribution in [0.1, 0.15) is 64.4 Å². The Morgan fingerprint density at radius 2 is 1.93 bits per heavy atom. The van der Waals surface area contributed by atoms with Gasteiger partial charge >= 0.3 is 0 Å². The van der Waals surface area contributed by atoms with Crippen molar-refractivity contribution in [3.05, 3.63) is 30.1 Å². The second-order valence-electron chi connectivity index (χ2n) is 10.0. The van der Waals surface area contributed by atoms with Crippen LogP contribution in [0.5, 0.6) is 0 Å². The van der Waals surface area contributed by atoms with Gasteiger partial charge in [0.15, 0.2) is 0 Å². The topological polar surface area (TPSA) is 48.5 Å². The highest BCUT2D eigenvalue weighted by molar-refractivity contribution is 5.78. The Labute approximate surface area is 176 Å². The SMILES string of the molecule is C[C@@H](CC1(C)CC1)N1CCC(N2CCC(C(=O)NCc3cccnc3)CC2)CC1. The Morgan fingerprint density at radius 3 is 2.55 bits per heavy atom. The first-order chi connectivity index (χ1) is 14.0. The zero-order valence-corrected chi connectivity index (χ0v) is 18.3. The molecule has 4 rings (SSSR count). The van der Waals surface area contributed by atoms with Crippen molar-refractivity contribution in [1.29, 1.82) is 0 Å². The van der Waals surface area contributed by atoms with Crippen molar-refractivity contribution in [1.82, 2.24) is 20.1 Å². The smallest absolute Gasteiger partial charge is 0.223 e. The molecular weight excluding hydrogens is 360 g/mol. The van der Waals surface area contributed by atoms with Gasteiger partial charge in [-0.05, 0) is 95.1 Å². The van der Waals surface area contributed by atoms with Gasteiger partial charge < -0.3 is 15.1 Å². The number of pyridine rings is 1. The van der Waals surface area contributed by atoms with E-state index in [1.54, 1.807) is 6.20 Å². The lowest BCUT2D eigenvalue weighted by molar-refractivity contribution is -0.126. The molecule has 0 aromatic carbocycles. The summed E-state index contributed by atoms with van der Waals surface area (Å²) in [5.41, 5.74) is 1.71. The monoisotopic (exact) mass is 398 g/mol. The van der Waals surface area contributed by atoms with Gasteiger partial charge in [0.25, 0.3) is 0 Å². The van der Waals surface area contributed by atoms with E-state index in [9.17, 15) is 4.79 Å². The van der Waals surface area contributed by atoms with Crippen LogP contribution >= 0.6 is 0 Å². The highest BCUT2D eigenvalue weighted by Crippen LogP contribution is 2.49. The first-order valence-corrected chi connectivity index (χ1v) is 11.7. The second kappa shape index (κ2) is 9.13. The number of nitrogens with zero attached hydrogens (tertiary/aromatic N) is 3. The van der Waals surface area contributed by atoms with Gasteiger partial charge in [0, 0.05) is 36.9 Å². The summed E-state index contributed by atoms with van der Waals surface area (Å²) in [6.45, 7) is 10.1. The lowest BCUT2D eigenvalue weighted by Crippen LogP contribution is -2.50. The lowest BCUT2D eigenvalue weighted by atomic mass is 9.92. The van der Waals surface area contributed by atoms with Crippen LogP contribution in [0, 0.1) is 11.3 Å². The molecule has 1 saturated carbocycles. The number of piperidine rings is 2. The number of likely N-dealkylation sites (tertiary alicyclic amines) is 2. The van der Waals surface area contributed by atoms with Crippen LogP contribution in [0.2, 0.25) is 0 Å². The van der Waals surface area contributed by atoms with E-state index in [2.05, 4.69) is 33.9 Å². The first kappa shape index (κ1) is 20.8. The highest BCUT2D eigenvalue weighted by Gasteiger charge is 2.40. The summed E-state index contributed by atoms with van der Waals surface area (Å²) in [7, 11) is 0. The number of nitrogens with one attached hydrogen (secondary N) is 1. The maximum absolute atomic E-state index is 12.5. The van der Waals surface area contributed by atoms with Crippen molar-refractivity contribution in [2.24, 2.45) is 11.3 Å². The van der Waals surface area contributed by atoms with Gasteiger partial charge in [0.2, 0.25) is 5.91 Å². The molecule has 2 saturated heterocycles. The Kier molecular flexibility index (Phi) is 6.55. The van der Waals surface area contributed by atoms with E-state index in [0.717, 1.165) is 43.6 Å². The van der Waals surface area contributed by atoms with Gasteiger partial charge in [0.1, 0.15) is 0 Å². The first-order valence-electron chi connectivity index (χ1n) is 11.7. The summed E-state index contributed by atoms with van der Waals surface area (Å²) in [6.07, 6.45) is 12.4. The summed E-state index contributed by atoms with van der Waals surface area (Å²) in [5.74, 6) is 0.382. The molecule has 1 N–H and O–H groups in total. The van der Waals surface area contributed by atoms with Crippen LogP contribution in [0.4, 0.5) is 0 Å². The molecule has 1 aromatic rings. The molecule has 160 valence electrons. The average Bonchev–Trinajstić information content (AvgIpc) is 3.49. The molecule has 5 heteroatoms. The summed E-state index contributed by atoms with van der Waals surface area (Å²) in [5, 5.41) is 3.10. The van der Waals surface area contributed by atoms with Gasteiger partial charge in [-0.15, -0.1) is 0 Å². The molecule has 29 heavy (non-hydrogen) atoms. The van der Waals surface area contributed by atoms with Gasteiger partial charge in [0.05, 0.1) is 0 Å². The molecule has 0 spiro atoms. The molecule has 1 atom stereocenters. The normalized spacial score (nSPS) is 24.9. The summed E-state index contributed by atoms with van der Waals surface area (Å²) < 4.78 is 0. The fourth-order valence-electron chi connectivity index (χ4n) is 5.31. The van der Waals surface area contributed by atoms with E-state index < -0.39 is 0 Å². The predicted octanol–water partition coefficient (Wildman–Crippen LogP) is 3.45. The largest absolute Gasteiger partial charge is 0.352 e. The third kappa shape index (κ3) is 5.58. The molecule has 5 nitrogen and oxygen atoms in total. The minimum Gasteiger partial charge on any atom is -0.352 e. The zero-order valence-electron chi connectivity index (χ0n) is 18.3. The number of hydrogen-bond donors (Lipinski definition) is 1. The fraction of sp³-hybridized carbons (Fsp3) is 0.750. The predicted molar refractivity (Wildman–Crippen MR) is 116 cm³/mol. The van der Waals surface area contributed by atoms with Crippen molar-refractivity contribution in [2.45, 2.75) is 77.4 Å². The molecule has 1 aliphatic carbocycles. The Hall–Kier alpha value is -1.46. The molecule has 0 unspecified atom stereocenters. The quantitative estimate of drug-likeness (QED) is 0.764. The number of amides is 1. The Balaban J connectivity index is 1.16. The zero-order chi connectivity index (χ0) is 20.3. The molecule has 0 bridgehead atoms. The lowest BCUT2D eigenvalue weighted by Gasteiger charge is -2.43. The number of aromatic nitrogens is 1. The van der Waals surface area contributed by atoms with E-state index in [4.69, 9.17) is 0 Å². The molecule has 3 heterocycles. The number of hydrogen-bond acceptors (Lipinski definition) is 4. The van der Waals surface area contributed by atoms with Gasteiger partial charge in [-0.25, -0.2) is 0 Å². The Morgan fingerprint density at radius 1 is 1.21 bits per heavy atom. The van der Waals surface area contributed by atoms with E-state index in [-0.39, 0.29) is 11.8 Å². The van der Waals surface area contributed by atoms with Crippen LogP contribution in [0.15, 0.2) is 24.5 Å². The van der Waals surface area contributed by atoms with Crippen LogP contribution in [0.3, 0.4) is 0 Å². The summed E-state index contributed by atoms with van der Waals surface area (Å²) in [6, 6.07) is 5.37. The summed E-state index contributed by atoms with van der Waals surface area (Å²) in [4.78, 5) is 22.0. The molecule has 3 aliphatic rings. The molecular formula is C24H38N4O. The average molecular weight is 399 g/mol. The minimum absolute atomic E-state index is 0.169. The standard InChI is InChI=1S/C24H38N4O/c1-19(16-24(2)9-10-24)27-14-7-22(8-15-27)28-12-5-21(6-13-28)23(29)26-18-20-4-3-11-25-17-20/h3-4,11,17,19,21-22H,5-10,12-16,18H2,1-2H3,(H,26,29)/t19-/m0/s1. The highest BCUT2D eigenvalue weighted by atomic mass is 16.1. The van der Waals surface area contributed by atoms with Crippen molar-refractivity contribution < 1.29 is 4.79 Å². The number of rotatable bonds is 7. The van der Waals surface area contributed by atoms with Crippen LogP contribution in [-0.4, -0.2) is 59.0 Å². The van der Waals surface area contributed by atoms with Gasteiger partial charge in [-0.3, -0.25) is 9.78 Å². The van der Waals surface area contributed by atoms with Crippen LogP contribution in [0.25, 0.3) is 0 Å². The van der Waals surface area contributed by atoms with Crippen molar-refractivity contribution >= 4 is 5.91 Å². The van der Waals surface area contributed by atoms with Crippen molar-refractivity contribution in [2.75, 3.05) is 26.2 Å². The molecule has 1 amide bonds. The van der Waals surface area contributed by atoms with Crippen LogP contribution in [-0.2, 0) is 11.3 Å². The summed E-state index contributed by atoms with van der Waals surface area (Å²) >= 11 is 0. The third-order valence-electron chi connectivity index (χ3n) is 7.62. The number of carbonyl (C=O) groups excluding carboxylic acids is 1. The maximum Gasteiger partial charge on any atom is 0.223 e. The van der Waals surface area contributed by atoms with E-state index in [1.807, 2.05) is 18.3 Å². The van der Waals surface area contributed by atoms with Crippen molar-refractivity contribution in [3.63, 3.8) is 0 Å². The van der Waals surface area contributed by atoms with Crippen molar-refractivity contribution in [3.8, 4) is 0 Å². The van der Waals surface area contributed by atoms with Gasteiger partial charge in [-0.2, -0.15) is 0 Å². The molecule has 0 radical (unpaired) electrons. The third-order valence-corrected chi connectivity index (χ3v) is 7.62. The maximum atomic E-state index is 12.5. The molecule has 3 fully saturated rings. The van der Waals surface area contributed by atoms with E-state index in [1.165, 1.54) is 45.2 Å². The van der Waals surface area contributed by atoms with Crippen LogP contribution < -0.4 is 5.32 Å². The van der Waals surface area contributed by atoms with E-state index >= 15 is 0 Å². The second-order valence-corrected chi connectivity index (χ2v) is 10.0. The molecule has 2 aliphatic heterocycles. The van der Waals surface area contributed by atoms with Gasteiger partial charge in [-0.1, -0.05) is 13.0 Å². The van der Waals surface area contributed by atoms with E-state index in [0.29, 0.717) is 12.0 Å². The fourth-order valence-corrected chi connectivity index (χ4v) is 5.31. The Bertz CT molecular complexity index is 659. The minimum atomic E-state index is 0.169. The number of carbonyl (C=O) groups is 1. The molecule has 1 aromatic heterocycles.